The topological polar surface area (TPSA) is 42.7 Å². The van der Waals surface area contributed by atoms with Gasteiger partial charge in [-0.3, -0.25) is 0 Å². The number of halogens is 1. The van der Waals surface area contributed by atoms with Crippen LogP contribution in [0.5, 0.6) is 0 Å². The normalized spacial score (nSPS) is 10.7. The Labute approximate surface area is 99.5 Å². The van der Waals surface area contributed by atoms with Gasteiger partial charge in [-0.2, -0.15) is 5.10 Å². The van der Waals surface area contributed by atoms with Crippen molar-refractivity contribution in [3.05, 3.63) is 27.0 Å². The molecule has 0 aliphatic rings. The SMILES string of the molecule is CNCc1cnc(-n2cc(I)cn2)s1. The van der Waals surface area contributed by atoms with E-state index in [4.69, 9.17) is 0 Å². The first-order valence-corrected chi connectivity index (χ1v) is 5.99. The molecule has 14 heavy (non-hydrogen) atoms. The monoisotopic (exact) mass is 320 g/mol. The molecule has 0 spiro atoms. The van der Waals surface area contributed by atoms with Crippen LogP contribution in [-0.2, 0) is 6.54 Å². The number of thiazole rings is 1. The molecule has 4 nitrogen and oxygen atoms in total. The lowest BCUT2D eigenvalue weighted by atomic mass is 10.5. The zero-order valence-corrected chi connectivity index (χ0v) is 10.5. The maximum atomic E-state index is 4.29. The Morgan fingerprint density at radius 3 is 3.07 bits per heavy atom. The molecule has 0 atom stereocenters. The van der Waals surface area contributed by atoms with Crippen molar-refractivity contribution in [2.24, 2.45) is 0 Å². The molecule has 0 fully saturated rings. The van der Waals surface area contributed by atoms with Gasteiger partial charge in [-0.15, -0.1) is 0 Å². The molecule has 2 heterocycles. The van der Waals surface area contributed by atoms with Gasteiger partial charge in [-0.1, -0.05) is 11.3 Å². The lowest BCUT2D eigenvalue weighted by Gasteiger charge is -1.92. The van der Waals surface area contributed by atoms with Crippen molar-refractivity contribution in [2.45, 2.75) is 6.54 Å². The molecule has 2 rings (SSSR count). The molecule has 1 N–H and O–H groups in total. The average Bonchev–Trinajstić information content (AvgIpc) is 2.74. The van der Waals surface area contributed by atoms with Crippen LogP contribution in [0.1, 0.15) is 4.88 Å². The highest BCUT2D eigenvalue weighted by molar-refractivity contribution is 14.1. The molecular formula is C8H9IN4S. The van der Waals surface area contributed by atoms with Crippen molar-refractivity contribution >= 4 is 33.9 Å². The van der Waals surface area contributed by atoms with E-state index in [1.807, 2.05) is 25.6 Å². The van der Waals surface area contributed by atoms with Crippen LogP contribution in [0.2, 0.25) is 0 Å². The molecule has 6 heteroatoms. The molecule has 2 aromatic rings. The number of nitrogens with one attached hydrogen (secondary N) is 1. The molecule has 0 radical (unpaired) electrons. The van der Waals surface area contributed by atoms with Crippen LogP contribution in [0.25, 0.3) is 5.13 Å². The molecule has 0 amide bonds. The first-order valence-electron chi connectivity index (χ1n) is 4.09. The fourth-order valence-corrected chi connectivity index (χ4v) is 2.31. The molecule has 74 valence electrons. The average molecular weight is 320 g/mol. The Morgan fingerprint density at radius 2 is 2.43 bits per heavy atom. The quantitative estimate of drug-likeness (QED) is 0.875. The van der Waals surface area contributed by atoms with Gasteiger partial charge in [-0.25, -0.2) is 9.67 Å². The van der Waals surface area contributed by atoms with Crippen LogP contribution >= 0.6 is 33.9 Å². The number of hydrogen-bond donors (Lipinski definition) is 1. The van der Waals surface area contributed by atoms with Crippen LogP contribution in [-0.4, -0.2) is 21.8 Å². The predicted octanol–water partition coefficient (Wildman–Crippen LogP) is 1.65. The highest BCUT2D eigenvalue weighted by atomic mass is 127. The smallest absolute Gasteiger partial charge is 0.210 e. The van der Waals surface area contributed by atoms with Gasteiger partial charge >= 0.3 is 0 Å². The van der Waals surface area contributed by atoms with E-state index in [9.17, 15) is 0 Å². The summed E-state index contributed by atoms with van der Waals surface area (Å²) in [4.78, 5) is 5.51. The van der Waals surface area contributed by atoms with Gasteiger partial charge in [0, 0.05) is 23.8 Å². The van der Waals surface area contributed by atoms with E-state index in [2.05, 4.69) is 38.0 Å². The maximum absolute atomic E-state index is 4.29. The van der Waals surface area contributed by atoms with Gasteiger partial charge in [-0.05, 0) is 29.6 Å². The van der Waals surface area contributed by atoms with E-state index >= 15 is 0 Å². The summed E-state index contributed by atoms with van der Waals surface area (Å²) in [5.41, 5.74) is 0. The summed E-state index contributed by atoms with van der Waals surface area (Å²) < 4.78 is 2.92. The van der Waals surface area contributed by atoms with Gasteiger partial charge in [0.25, 0.3) is 0 Å². The van der Waals surface area contributed by atoms with E-state index in [1.165, 1.54) is 4.88 Å². The molecule has 2 aromatic heterocycles. The highest BCUT2D eigenvalue weighted by Crippen LogP contribution is 2.17. The Morgan fingerprint density at radius 1 is 1.57 bits per heavy atom. The van der Waals surface area contributed by atoms with Crippen molar-refractivity contribution in [3.63, 3.8) is 0 Å². The summed E-state index contributed by atoms with van der Waals surface area (Å²) in [6.45, 7) is 0.857. The minimum atomic E-state index is 0.857. The van der Waals surface area contributed by atoms with E-state index in [1.54, 1.807) is 16.0 Å². The van der Waals surface area contributed by atoms with Crippen LogP contribution in [0, 0.1) is 3.57 Å². The Bertz CT molecular complexity index is 422. The zero-order chi connectivity index (χ0) is 9.97. The third-order valence-corrected chi connectivity index (χ3v) is 3.18. The van der Waals surface area contributed by atoms with Gasteiger partial charge in [0.05, 0.1) is 9.77 Å². The Hall–Kier alpha value is -0.470. The van der Waals surface area contributed by atoms with Crippen molar-refractivity contribution < 1.29 is 0 Å². The zero-order valence-electron chi connectivity index (χ0n) is 7.57. The van der Waals surface area contributed by atoms with Crippen molar-refractivity contribution in [1.82, 2.24) is 20.1 Å². The third kappa shape index (κ3) is 2.12. The van der Waals surface area contributed by atoms with E-state index in [0.29, 0.717) is 0 Å². The lowest BCUT2D eigenvalue weighted by molar-refractivity contribution is 0.828. The Balaban J connectivity index is 2.24. The van der Waals surface area contributed by atoms with Crippen LogP contribution in [0.15, 0.2) is 18.6 Å². The van der Waals surface area contributed by atoms with E-state index in [-0.39, 0.29) is 0 Å². The second kappa shape index (κ2) is 4.37. The first-order chi connectivity index (χ1) is 6.79. The van der Waals surface area contributed by atoms with Gasteiger partial charge in [0.15, 0.2) is 0 Å². The molecule has 0 saturated carbocycles. The van der Waals surface area contributed by atoms with Crippen molar-refractivity contribution in [2.75, 3.05) is 7.05 Å². The number of nitrogens with zero attached hydrogens (tertiary/aromatic N) is 3. The highest BCUT2D eigenvalue weighted by Gasteiger charge is 2.04. The van der Waals surface area contributed by atoms with Crippen LogP contribution < -0.4 is 5.32 Å². The largest absolute Gasteiger partial charge is 0.315 e. The third-order valence-electron chi connectivity index (χ3n) is 1.64. The fraction of sp³-hybridized carbons (Fsp3) is 0.250. The van der Waals surface area contributed by atoms with Gasteiger partial charge in [0.2, 0.25) is 5.13 Å². The predicted molar refractivity (Wildman–Crippen MR) is 64.7 cm³/mol. The summed E-state index contributed by atoms with van der Waals surface area (Å²) in [5, 5.41) is 8.20. The summed E-state index contributed by atoms with van der Waals surface area (Å²) in [6.07, 6.45) is 5.66. The number of aromatic nitrogens is 3. The standard InChI is InChI=1S/C8H9IN4S/c1-10-3-7-4-11-8(14-7)13-5-6(9)2-12-13/h2,4-5,10H,3H2,1H3. The van der Waals surface area contributed by atoms with E-state index in [0.717, 1.165) is 15.2 Å². The molecule has 0 aliphatic heterocycles. The minimum Gasteiger partial charge on any atom is -0.315 e. The second-order valence-corrected chi connectivity index (χ2v) is 5.08. The van der Waals surface area contributed by atoms with Crippen molar-refractivity contribution in [3.8, 4) is 5.13 Å². The van der Waals surface area contributed by atoms with Crippen LogP contribution in [0.4, 0.5) is 0 Å². The fourth-order valence-electron chi connectivity index (χ4n) is 1.06. The Kier molecular flexibility index (Phi) is 3.14. The van der Waals surface area contributed by atoms with Crippen LogP contribution in [0.3, 0.4) is 0 Å². The number of hydrogen-bond acceptors (Lipinski definition) is 4. The summed E-state index contributed by atoms with van der Waals surface area (Å²) >= 11 is 3.88. The molecule has 0 aliphatic carbocycles. The molecule has 0 unspecified atom stereocenters. The lowest BCUT2D eigenvalue weighted by Crippen LogP contribution is -2.02. The number of rotatable bonds is 3. The second-order valence-electron chi connectivity index (χ2n) is 2.74. The summed E-state index contributed by atoms with van der Waals surface area (Å²) in [7, 11) is 1.93. The molecule has 0 aromatic carbocycles. The summed E-state index contributed by atoms with van der Waals surface area (Å²) in [6, 6.07) is 0. The first kappa shape index (κ1) is 10.1. The molecular weight excluding hydrogens is 311 g/mol. The molecule has 0 saturated heterocycles. The summed E-state index contributed by atoms with van der Waals surface area (Å²) in [5.74, 6) is 0. The van der Waals surface area contributed by atoms with Crippen molar-refractivity contribution in [1.29, 1.82) is 0 Å². The molecule has 0 bridgehead atoms. The minimum absolute atomic E-state index is 0.857. The maximum Gasteiger partial charge on any atom is 0.210 e. The van der Waals surface area contributed by atoms with Gasteiger partial charge < -0.3 is 5.32 Å². The van der Waals surface area contributed by atoms with Gasteiger partial charge in [0.1, 0.15) is 0 Å². The van der Waals surface area contributed by atoms with E-state index < -0.39 is 0 Å².